The molecular formula is C17H19NO4S. The molecule has 122 valence electrons. The molecule has 0 saturated carbocycles. The number of esters is 1. The summed E-state index contributed by atoms with van der Waals surface area (Å²) in [5.41, 5.74) is 0.891. The number of carbonyl (C=O) groups is 1. The molecule has 1 heterocycles. The molecule has 0 aliphatic heterocycles. The minimum atomic E-state index is -3.65. The van der Waals surface area contributed by atoms with Crippen molar-refractivity contribution in [2.24, 2.45) is 5.92 Å². The van der Waals surface area contributed by atoms with Gasteiger partial charge in [-0.25, -0.2) is 13.4 Å². The highest BCUT2D eigenvalue weighted by atomic mass is 32.2. The van der Waals surface area contributed by atoms with Gasteiger partial charge in [-0.3, -0.25) is 4.79 Å². The molecule has 1 unspecified atom stereocenters. The van der Waals surface area contributed by atoms with Crippen LogP contribution in [0.2, 0.25) is 0 Å². The summed E-state index contributed by atoms with van der Waals surface area (Å²) < 4.78 is 30.0. The van der Waals surface area contributed by atoms with Crippen molar-refractivity contribution in [3.8, 4) is 0 Å². The highest BCUT2D eigenvalue weighted by Gasteiger charge is 2.28. The van der Waals surface area contributed by atoms with Crippen LogP contribution in [0.1, 0.15) is 12.5 Å². The Bertz CT molecular complexity index is 730. The van der Waals surface area contributed by atoms with E-state index in [-0.39, 0.29) is 17.4 Å². The lowest BCUT2D eigenvalue weighted by molar-refractivity contribution is -0.147. The van der Waals surface area contributed by atoms with Gasteiger partial charge in [-0.05, 0) is 31.0 Å². The lowest BCUT2D eigenvalue weighted by Gasteiger charge is -2.15. The van der Waals surface area contributed by atoms with Crippen molar-refractivity contribution in [2.45, 2.75) is 18.4 Å². The van der Waals surface area contributed by atoms with E-state index in [1.54, 1.807) is 19.1 Å². The Labute approximate surface area is 136 Å². The van der Waals surface area contributed by atoms with Crippen LogP contribution in [0.25, 0.3) is 0 Å². The summed E-state index contributed by atoms with van der Waals surface area (Å²) in [7, 11) is -3.65. The maximum Gasteiger partial charge on any atom is 0.310 e. The molecule has 1 aromatic heterocycles. The minimum absolute atomic E-state index is 0.0256. The molecule has 5 nitrogen and oxygen atoms in total. The van der Waals surface area contributed by atoms with Gasteiger partial charge < -0.3 is 4.74 Å². The molecule has 0 spiro atoms. The van der Waals surface area contributed by atoms with E-state index < -0.39 is 21.7 Å². The predicted molar refractivity (Wildman–Crippen MR) is 86.6 cm³/mol. The standard InChI is InChI=1S/C17H19NO4S/c1-2-22-17(19)15(12-14-8-4-3-5-9-14)13-23(20,21)16-10-6-7-11-18-16/h3-11,15H,2,12-13H2,1H3. The summed E-state index contributed by atoms with van der Waals surface area (Å²) in [6.07, 6.45) is 1.73. The van der Waals surface area contributed by atoms with Crippen LogP contribution in [-0.2, 0) is 25.8 Å². The van der Waals surface area contributed by atoms with Gasteiger partial charge in [-0.15, -0.1) is 0 Å². The molecule has 0 aliphatic rings. The first kappa shape index (κ1) is 17.1. The maximum absolute atomic E-state index is 12.5. The third-order valence-corrected chi connectivity index (χ3v) is 5.04. The SMILES string of the molecule is CCOC(=O)C(Cc1ccccc1)CS(=O)(=O)c1ccccn1. The fourth-order valence-electron chi connectivity index (χ4n) is 2.25. The average molecular weight is 333 g/mol. The summed E-state index contributed by atoms with van der Waals surface area (Å²) in [5, 5.41) is -0.0256. The quantitative estimate of drug-likeness (QED) is 0.727. The van der Waals surface area contributed by atoms with Crippen molar-refractivity contribution < 1.29 is 17.9 Å². The topological polar surface area (TPSA) is 73.3 Å². The van der Waals surface area contributed by atoms with Gasteiger partial charge >= 0.3 is 5.97 Å². The molecule has 6 heteroatoms. The van der Waals surface area contributed by atoms with Gasteiger partial charge in [0.25, 0.3) is 0 Å². The minimum Gasteiger partial charge on any atom is -0.466 e. The number of pyridine rings is 1. The van der Waals surface area contributed by atoms with Gasteiger partial charge in [-0.1, -0.05) is 36.4 Å². The molecule has 1 aromatic carbocycles. The van der Waals surface area contributed by atoms with E-state index in [0.29, 0.717) is 6.42 Å². The zero-order valence-electron chi connectivity index (χ0n) is 12.9. The van der Waals surface area contributed by atoms with E-state index in [1.807, 2.05) is 30.3 Å². The predicted octanol–water partition coefficient (Wildman–Crippen LogP) is 2.28. The van der Waals surface area contributed by atoms with E-state index in [4.69, 9.17) is 4.74 Å². The largest absolute Gasteiger partial charge is 0.466 e. The van der Waals surface area contributed by atoms with Gasteiger partial charge in [0.15, 0.2) is 14.9 Å². The molecule has 0 fully saturated rings. The first-order valence-corrected chi connectivity index (χ1v) is 9.02. The molecule has 0 N–H and O–H groups in total. The van der Waals surface area contributed by atoms with Gasteiger partial charge in [0.05, 0.1) is 18.3 Å². The van der Waals surface area contributed by atoms with Crippen LogP contribution in [-0.4, -0.2) is 31.7 Å². The summed E-state index contributed by atoms with van der Waals surface area (Å²) in [5.74, 6) is -1.59. The number of carbonyl (C=O) groups excluding carboxylic acids is 1. The molecule has 0 bridgehead atoms. The van der Waals surface area contributed by atoms with Crippen LogP contribution in [0, 0.1) is 5.92 Å². The summed E-state index contributed by atoms with van der Waals surface area (Å²) in [4.78, 5) is 16.0. The fourth-order valence-corrected chi connectivity index (χ4v) is 3.71. The number of ether oxygens (including phenoxy) is 1. The maximum atomic E-state index is 12.5. The molecule has 1 atom stereocenters. The van der Waals surface area contributed by atoms with Crippen LogP contribution in [0.15, 0.2) is 59.8 Å². The second kappa shape index (κ2) is 7.87. The number of hydrogen-bond donors (Lipinski definition) is 0. The Morgan fingerprint density at radius 3 is 2.43 bits per heavy atom. The molecule has 0 amide bonds. The van der Waals surface area contributed by atoms with Crippen LogP contribution < -0.4 is 0 Å². The van der Waals surface area contributed by atoms with Crippen LogP contribution in [0.5, 0.6) is 0 Å². The number of rotatable bonds is 7. The van der Waals surface area contributed by atoms with E-state index in [0.717, 1.165) is 5.56 Å². The van der Waals surface area contributed by atoms with Gasteiger partial charge in [0.1, 0.15) is 0 Å². The number of aromatic nitrogens is 1. The molecule has 2 aromatic rings. The summed E-state index contributed by atoms with van der Waals surface area (Å²) in [6, 6.07) is 14.0. The van der Waals surface area contributed by atoms with E-state index in [1.165, 1.54) is 12.3 Å². The lowest BCUT2D eigenvalue weighted by atomic mass is 10.0. The van der Waals surface area contributed by atoms with Crippen molar-refractivity contribution >= 4 is 15.8 Å². The lowest BCUT2D eigenvalue weighted by Crippen LogP contribution is -2.28. The Kier molecular flexibility index (Phi) is 5.87. The molecule has 23 heavy (non-hydrogen) atoms. The zero-order valence-corrected chi connectivity index (χ0v) is 13.7. The monoisotopic (exact) mass is 333 g/mol. The van der Waals surface area contributed by atoms with Gasteiger partial charge in [-0.2, -0.15) is 0 Å². The smallest absolute Gasteiger partial charge is 0.310 e. The second-order valence-corrected chi connectivity index (χ2v) is 7.07. The van der Waals surface area contributed by atoms with Crippen molar-refractivity contribution in [3.63, 3.8) is 0 Å². The normalized spacial score (nSPS) is 12.6. The van der Waals surface area contributed by atoms with Crippen molar-refractivity contribution in [3.05, 3.63) is 60.3 Å². The zero-order chi connectivity index (χ0) is 16.7. The Morgan fingerprint density at radius 2 is 1.83 bits per heavy atom. The third kappa shape index (κ3) is 4.89. The van der Waals surface area contributed by atoms with E-state index in [9.17, 15) is 13.2 Å². The Morgan fingerprint density at radius 1 is 1.13 bits per heavy atom. The Balaban J connectivity index is 2.22. The molecular weight excluding hydrogens is 314 g/mol. The number of nitrogens with zero attached hydrogens (tertiary/aromatic N) is 1. The second-order valence-electron chi connectivity index (χ2n) is 5.09. The summed E-state index contributed by atoms with van der Waals surface area (Å²) >= 11 is 0. The van der Waals surface area contributed by atoms with Crippen LogP contribution >= 0.6 is 0 Å². The van der Waals surface area contributed by atoms with Gasteiger partial charge in [0.2, 0.25) is 0 Å². The van der Waals surface area contributed by atoms with Crippen LogP contribution in [0.3, 0.4) is 0 Å². The molecule has 0 saturated heterocycles. The fraction of sp³-hybridized carbons (Fsp3) is 0.294. The van der Waals surface area contributed by atoms with Crippen molar-refractivity contribution in [1.29, 1.82) is 0 Å². The average Bonchev–Trinajstić information content (AvgIpc) is 2.56. The third-order valence-electron chi connectivity index (χ3n) is 3.32. The van der Waals surface area contributed by atoms with E-state index in [2.05, 4.69) is 4.98 Å². The van der Waals surface area contributed by atoms with Gasteiger partial charge in [0, 0.05) is 6.20 Å². The van der Waals surface area contributed by atoms with Crippen molar-refractivity contribution in [2.75, 3.05) is 12.4 Å². The van der Waals surface area contributed by atoms with E-state index >= 15 is 0 Å². The Hall–Kier alpha value is -2.21. The highest BCUT2D eigenvalue weighted by Crippen LogP contribution is 2.17. The first-order chi connectivity index (χ1) is 11.0. The first-order valence-electron chi connectivity index (χ1n) is 7.37. The van der Waals surface area contributed by atoms with Crippen LogP contribution in [0.4, 0.5) is 0 Å². The molecule has 0 radical (unpaired) electrons. The molecule has 2 rings (SSSR count). The highest BCUT2D eigenvalue weighted by molar-refractivity contribution is 7.91. The number of hydrogen-bond acceptors (Lipinski definition) is 5. The number of benzene rings is 1. The van der Waals surface area contributed by atoms with Crippen molar-refractivity contribution in [1.82, 2.24) is 4.98 Å². The molecule has 0 aliphatic carbocycles. The summed E-state index contributed by atoms with van der Waals surface area (Å²) in [6.45, 7) is 1.92. The number of sulfone groups is 1.